The van der Waals surface area contributed by atoms with Crippen LogP contribution in [0.15, 0.2) is 0 Å². The van der Waals surface area contributed by atoms with Gasteiger partial charge in [0.1, 0.15) is 0 Å². The summed E-state index contributed by atoms with van der Waals surface area (Å²) in [6.07, 6.45) is 7.43. The van der Waals surface area contributed by atoms with E-state index in [1.807, 2.05) is 0 Å². The first-order chi connectivity index (χ1) is 11.0. The number of hydroxylamine groups is 2. The first-order valence-corrected chi connectivity index (χ1v) is 8.18. The number of rotatable bonds is 11. The number of nitrogens with zero attached hydrogens (tertiary/aromatic N) is 1. The number of amides is 2. The summed E-state index contributed by atoms with van der Waals surface area (Å²) >= 11 is 0. The normalized spacial score (nSPS) is 14.2. The van der Waals surface area contributed by atoms with Gasteiger partial charge in [-0.15, -0.1) is 5.06 Å². The van der Waals surface area contributed by atoms with Gasteiger partial charge in [0.25, 0.3) is 11.8 Å². The summed E-state index contributed by atoms with van der Waals surface area (Å²) in [5, 5.41) is 0.587. The highest BCUT2D eigenvalue weighted by atomic mass is 16.7. The predicted molar refractivity (Wildman–Crippen MR) is 80.7 cm³/mol. The molecule has 130 valence electrons. The Bertz CT molecular complexity index is 418. The van der Waals surface area contributed by atoms with Crippen LogP contribution < -0.4 is 0 Å². The minimum Gasteiger partial charge on any atom is -0.469 e. The molecule has 1 saturated heterocycles. The molecule has 0 atom stereocenters. The van der Waals surface area contributed by atoms with Crippen LogP contribution in [-0.2, 0) is 28.8 Å². The summed E-state index contributed by atoms with van der Waals surface area (Å²) in [5.41, 5.74) is 0. The fourth-order valence-corrected chi connectivity index (χ4v) is 2.33. The number of unbranched alkanes of at least 4 members (excludes halogenated alkanes) is 6. The number of esters is 1. The summed E-state index contributed by atoms with van der Waals surface area (Å²) in [5.74, 6) is -1.60. The maximum atomic E-state index is 11.5. The molecule has 1 aliphatic rings. The zero-order chi connectivity index (χ0) is 17.1. The molecule has 0 aromatic heterocycles. The number of carbonyl (C=O) groups excluding carboxylic acids is 4. The van der Waals surface area contributed by atoms with E-state index in [4.69, 9.17) is 4.84 Å². The average Bonchev–Trinajstić information content (AvgIpc) is 2.84. The largest absolute Gasteiger partial charge is 0.469 e. The molecule has 0 aromatic carbocycles. The molecule has 1 rings (SSSR count). The van der Waals surface area contributed by atoms with Gasteiger partial charge in [-0.05, 0) is 12.8 Å². The van der Waals surface area contributed by atoms with Crippen LogP contribution >= 0.6 is 0 Å². The van der Waals surface area contributed by atoms with Gasteiger partial charge in [0.2, 0.25) is 0 Å². The van der Waals surface area contributed by atoms with Crippen LogP contribution in [0.3, 0.4) is 0 Å². The van der Waals surface area contributed by atoms with Crippen molar-refractivity contribution in [3.63, 3.8) is 0 Å². The zero-order valence-corrected chi connectivity index (χ0v) is 13.7. The summed E-state index contributed by atoms with van der Waals surface area (Å²) < 4.78 is 4.56. The van der Waals surface area contributed by atoms with Gasteiger partial charge in [-0.1, -0.05) is 32.1 Å². The molecule has 23 heavy (non-hydrogen) atoms. The third-order valence-electron chi connectivity index (χ3n) is 3.69. The molecular formula is C16H25NO6. The third kappa shape index (κ3) is 7.76. The Balaban J connectivity index is 1.94. The van der Waals surface area contributed by atoms with Crippen LogP contribution in [0.1, 0.15) is 70.6 Å². The lowest BCUT2D eigenvalue weighted by atomic mass is 10.1. The lowest BCUT2D eigenvalue weighted by molar-refractivity contribution is -0.197. The molecule has 0 N–H and O–H groups in total. The van der Waals surface area contributed by atoms with E-state index in [0.29, 0.717) is 17.9 Å². The molecule has 0 bridgehead atoms. The topological polar surface area (TPSA) is 90.0 Å². The molecule has 0 aliphatic carbocycles. The van der Waals surface area contributed by atoms with E-state index in [2.05, 4.69) is 4.74 Å². The summed E-state index contributed by atoms with van der Waals surface area (Å²) in [6, 6.07) is 0. The first-order valence-electron chi connectivity index (χ1n) is 8.18. The van der Waals surface area contributed by atoms with E-state index >= 15 is 0 Å². The van der Waals surface area contributed by atoms with Gasteiger partial charge in [0, 0.05) is 25.7 Å². The van der Waals surface area contributed by atoms with E-state index in [9.17, 15) is 19.2 Å². The number of methoxy groups -OCH3 is 1. The van der Waals surface area contributed by atoms with Gasteiger partial charge in [-0.25, -0.2) is 4.79 Å². The van der Waals surface area contributed by atoms with Crippen molar-refractivity contribution >= 4 is 23.8 Å². The van der Waals surface area contributed by atoms with Gasteiger partial charge in [0.15, 0.2) is 0 Å². The van der Waals surface area contributed by atoms with Gasteiger partial charge in [-0.3, -0.25) is 14.4 Å². The van der Waals surface area contributed by atoms with Crippen molar-refractivity contribution in [1.29, 1.82) is 0 Å². The van der Waals surface area contributed by atoms with Crippen molar-refractivity contribution in [3.05, 3.63) is 0 Å². The highest BCUT2D eigenvalue weighted by Gasteiger charge is 2.32. The molecule has 7 nitrogen and oxygen atoms in total. The second-order valence-corrected chi connectivity index (χ2v) is 5.60. The van der Waals surface area contributed by atoms with Crippen molar-refractivity contribution in [1.82, 2.24) is 5.06 Å². The Morgan fingerprint density at radius 2 is 1.26 bits per heavy atom. The lowest BCUT2D eigenvalue weighted by Crippen LogP contribution is -2.31. The van der Waals surface area contributed by atoms with Gasteiger partial charge >= 0.3 is 11.9 Å². The number of ether oxygens (including phenoxy) is 1. The predicted octanol–water partition coefficient (Wildman–Crippen LogP) is 2.28. The quantitative estimate of drug-likeness (QED) is 0.328. The van der Waals surface area contributed by atoms with Crippen molar-refractivity contribution in [2.45, 2.75) is 70.6 Å². The van der Waals surface area contributed by atoms with E-state index in [0.717, 1.165) is 38.5 Å². The van der Waals surface area contributed by atoms with Crippen molar-refractivity contribution in [3.8, 4) is 0 Å². The van der Waals surface area contributed by atoms with Gasteiger partial charge in [0.05, 0.1) is 7.11 Å². The van der Waals surface area contributed by atoms with E-state index in [-0.39, 0.29) is 25.2 Å². The molecule has 7 heteroatoms. The fourth-order valence-electron chi connectivity index (χ4n) is 2.33. The third-order valence-corrected chi connectivity index (χ3v) is 3.69. The van der Waals surface area contributed by atoms with Crippen molar-refractivity contribution < 1.29 is 28.8 Å². The minimum atomic E-state index is -0.535. The molecule has 1 fully saturated rings. The van der Waals surface area contributed by atoms with Crippen molar-refractivity contribution in [2.24, 2.45) is 0 Å². The van der Waals surface area contributed by atoms with Crippen molar-refractivity contribution in [2.75, 3.05) is 7.11 Å². The highest BCUT2D eigenvalue weighted by Crippen LogP contribution is 2.14. The molecule has 1 aliphatic heterocycles. The number of hydrogen-bond acceptors (Lipinski definition) is 6. The number of imide groups is 1. The second-order valence-electron chi connectivity index (χ2n) is 5.60. The summed E-state index contributed by atoms with van der Waals surface area (Å²) in [6.45, 7) is 0. The molecular weight excluding hydrogens is 302 g/mol. The van der Waals surface area contributed by atoms with Crippen LogP contribution in [0.5, 0.6) is 0 Å². The van der Waals surface area contributed by atoms with Gasteiger partial charge in [-0.2, -0.15) is 0 Å². The van der Waals surface area contributed by atoms with E-state index < -0.39 is 17.8 Å². The molecule has 0 radical (unpaired) electrons. The SMILES string of the molecule is COC(=O)CCCCCCCCCC(=O)ON1C(=O)CCC1=O. The van der Waals surface area contributed by atoms with E-state index in [1.165, 1.54) is 7.11 Å². The number of hydrogen-bond donors (Lipinski definition) is 0. The molecule has 2 amide bonds. The Kier molecular flexibility index (Phi) is 8.94. The maximum Gasteiger partial charge on any atom is 0.333 e. The Hall–Kier alpha value is -1.92. The van der Waals surface area contributed by atoms with Gasteiger partial charge < -0.3 is 9.57 Å². The fraction of sp³-hybridized carbons (Fsp3) is 0.750. The Labute approximate surface area is 136 Å². The molecule has 0 aromatic rings. The molecule has 0 saturated carbocycles. The van der Waals surface area contributed by atoms with Crippen LogP contribution in [0.25, 0.3) is 0 Å². The summed E-state index contributed by atoms with van der Waals surface area (Å²) in [7, 11) is 1.39. The second kappa shape index (κ2) is 10.7. The van der Waals surface area contributed by atoms with Crippen LogP contribution in [-0.4, -0.2) is 35.9 Å². The van der Waals surface area contributed by atoms with Crippen LogP contribution in [0, 0.1) is 0 Å². The molecule has 0 spiro atoms. The summed E-state index contributed by atoms with van der Waals surface area (Å²) in [4.78, 5) is 49.8. The standard InChI is InChI=1S/C16H25NO6/c1-22-15(20)9-7-5-3-2-4-6-8-10-16(21)23-17-13(18)11-12-14(17)19/h2-12H2,1H3. The highest BCUT2D eigenvalue weighted by molar-refractivity contribution is 6.01. The maximum absolute atomic E-state index is 11.5. The Morgan fingerprint density at radius 3 is 1.74 bits per heavy atom. The zero-order valence-electron chi connectivity index (χ0n) is 13.7. The molecule has 0 unspecified atom stereocenters. The lowest BCUT2D eigenvalue weighted by Gasteiger charge is -2.12. The molecule has 1 heterocycles. The number of carbonyl (C=O) groups is 4. The average molecular weight is 327 g/mol. The Morgan fingerprint density at radius 1 is 0.826 bits per heavy atom. The van der Waals surface area contributed by atoms with Crippen LogP contribution in [0.4, 0.5) is 0 Å². The smallest absolute Gasteiger partial charge is 0.333 e. The monoisotopic (exact) mass is 327 g/mol. The minimum absolute atomic E-state index is 0.113. The first kappa shape index (κ1) is 19.1. The van der Waals surface area contributed by atoms with E-state index in [1.54, 1.807) is 0 Å². The van der Waals surface area contributed by atoms with Crippen LogP contribution in [0.2, 0.25) is 0 Å².